The SMILES string of the molecule is Cc1cc(C)cc(CNCC(C)(C)NC(=O)OC(C)(C)C)c1. The van der Waals surface area contributed by atoms with E-state index in [9.17, 15) is 4.79 Å². The monoisotopic (exact) mass is 306 g/mol. The number of aryl methyl sites for hydroxylation is 2. The maximum Gasteiger partial charge on any atom is 0.408 e. The number of benzene rings is 1. The van der Waals surface area contributed by atoms with Crippen molar-refractivity contribution >= 4 is 6.09 Å². The Labute approximate surface area is 134 Å². The van der Waals surface area contributed by atoms with Crippen LogP contribution in [0.1, 0.15) is 51.3 Å². The Bertz CT molecular complexity index is 496. The highest BCUT2D eigenvalue weighted by molar-refractivity contribution is 5.68. The molecule has 1 aromatic carbocycles. The molecule has 124 valence electrons. The number of nitrogens with one attached hydrogen (secondary N) is 2. The smallest absolute Gasteiger partial charge is 0.408 e. The second kappa shape index (κ2) is 7.14. The third-order valence-electron chi connectivity index (χ3n) is 3.02. The van der Waals surface area contributed by atoms with E-state index in [1.165, 1.54) is 16.7 Å². The fourth-order valence-corrected chi connectivity index (χ4v) is 2.31. The second-order valence-electron chi connectivity index (χ2n) is 7.61. The largest absolute Gasteiger partial charge is 0.444 e. The minimum Gasteiger partial charge on any atom is -0.444 e. The number of hydrogen-bond acceptors (Lipinski definition) is 3. The average molecular weight is 306 g/mol. The molecule has 2 N–H and O–H groups in total. The maximum absolute atomic E-state index is 11.8. The maximum atomic E-state index is 11.8. The number of carbonyl (C=O) groups is 1. The molecule has 0 saturated heterocycles. The molecular weight excluding hydrogens is 276 g/mol. The van der Waals surface area contributed by atoms with Crippen LogP contribution in [0.15, 0.2) is 18.2 Å². The molecule has 0 aliphatic heterocycles. The summed E-state index contributed by atoms with van der Waals surface area (Å²) in [4.78, 5) is 11.8. The number of alkyl carbamates (subject to hydrolysis) is 1. The van der Waals surface area contributed by atoms with Crippen molar-refractivity contribution in [3.05, 3.63) is 34.9 Å². The third-order valence-corrected chi connectivity index (χ3v) is 3.02. The van der Waals surface area contributed by atoms with Gasteiger partial charge in [0.2, 0.25) is 0 Å². The zero-order valence-corrected chi connectivity index (χ0v) is 15.0. The van der Waals surface area contributed by atoms with Gasteiger partial charge in [-0.05, 0) is 54.0 Å². The minimum atomic E-state index is -0.479. The summed E-state index contributed by atoms with van der Waals surface area (Å²) in [6.07, 6.45) is -0.384. The van der Waals surface area contributed by atoms with Crippen LogP contribution < -0.4 is 10.6 Å². The molecule has 4 nitrogen and oxygen atoms in total. The van der Waals surface area contributed by atoms with Crippen LogP contribution in [0.3, 0.4) is 0 Å². The Morgan fingerprint density at radius 2 is 1.59 bits per heavy atom. The molecule has 0 saturated carbocycles. The lowest BCUT2D eigenvalue weighted by molar-refractivity contribution is 0.0472. The molecule has 0 aromatic heterocycles. The van der Waals surface area contributed by atoms with Gasteiger partial charge in [0.05, 0.1) is 5.54 Å². The molecule has 0 unspecified atom stereocenters. The van der Waals surface area contributed by atoms with Gasteiger partial charge in [0.15, 0.2) is 0 Å². The van der Waals surface area contributed by atoms with E-state index in [0.29, 0.717) is 6.54 Å². The van der Waals surface area contributed by atoms with Crippen LogP contribution in [-0.4, -0.2) is 23.8 Å². The zero-order valence-electron chi connectivity index (χ0n) is 15.0. The summed E-state index contributed by atoms with van der Waals surface area (Å²) in [6.45, 7) is 15.2. The molecule has 0 heterocycles. The van der Waals surface area contributed by atoms with Crippen molar-refractivity contribution in [1.82, 2.24) is 10.6 Å². The van der Waals surface area contributed by atoms with Crippen molar-refractivity contribution in [3.8, 4) is 0 Å². The van der Waals surface area contributed by atoms with Gasteiger partial charge >= 0.3 is 6.09 Å². The van der Waals surface area contributed by atoms with Crippen molar-refractivity contribution in [2.75, 3.05) is 6.54 Å². The molecule has 0 aliphatic carbocycles. The lowest BCUT2D eigenvalue weighted by Crippen LogP contribution is -2.51. The molecule has 22 heavy (non-hydrogen) atoms. The van der Waals surface area contributed by atoms with Crippen LogP contribution in [0.4, 0.5) is 4.79 Å². The lowest BCUT2D eigenvalue weighted by atomic mass is 10.0. The van der Waals surface area contributed by atoms with Crippen molar-refractivity contribution in [3.63, 3.8) is 0 Å². The van der Waals surface area contributed by atoms with E-state index < -0.39 is 5.60 Å². The van der Waals surface area contributed by atoms with E-state index in [1.807, 2.05) is 34.6 Å². The van der Waals surface area contributed by atoms with Crippen LogP contribution >= 0.6 is 0 Å². The normalized spacial score (nSPS) is 12.1. The number of ether oxygens (including phenoxy) is 1. The first kappa shape index (κ1) is 18.5. The molecule has 0 aliphatic rings. The van der Waals surface area contributed by atoms with Gasteiger partial charge in [0.25, 0.3) is 0 Å². The predicted octanol–water partition coefficient (Wildman–Crippen LogP) is 3.70. The highest BCUT2D eigenvalue weighted by atomic mass is 16.6. The predicted molar refractivity (Wildman–Crippen MR) is 91.1 cm³/mol. The van der Waals surface area contributed by atoms with Crippen LogP contribution in [0.2, 0.25) is 0 Å². The summed E-state index contributed by atoms with van der Waals surface area (Å²) in [5, 5.41) is 6.29. The van der Waals surface area contributed by atoms with Gasteiger partial charge in [-0.25, -0.2) is 4.79 Å². The van der Waals surface area contributed by atoms with E-state index in [-0.39, 0.29) is 11.6 Å². The molecule has 0 atom stereocenters. The molecule has 0 radical (unpaired) electrons. The number of amides is 1. The van der Waals surface area contributed by atoms with E-state index in [2.05, 4.69) is 42.7 Å². The van der Waals surface area contributed by atoms with E-state index >= 15 is 0 Å². The Balaban J connectivity index is 2.46. The first-order valence-corrected chi connectivity index (χ1v) is 7.76. The molecule has 1 aromatic rings. The van der Waals surface area contributed by atoms with Crippen LogP contribution in [0.25, 0.3) is 0 Å². The summed E-state index contributed by atoms with van der Waals surface area (Å²) in [5.41, 5.74) is 2.94. The summed E-state index contributed by atoms with van der Waals surface area (Å²) < 4.78 is 5.29. The van der Waals surface area contributed by atoms with Gasteiger partial charge in [0, 0.05) is 13.1 Å². The number of carbonyl (C=O) groups excluding carboxylic acids is 1. The molecule has 4 heteroatoms. The fourth-order valence-electron chi connectivity index (χ4n) is 2.31. The van der Waals surface area contributed by atoms with Gasteiger partial charge < -0.3 is 15.4 Å². The van der Waals surface area contributed by atoms with Gasteiger partial charge in [-0.2, -0.15) is 0 Å². The third kappa shape index (κ3) is 7.46. The summed E-state index contributed by atoms with van der Waals surface area (Å²) in [5.74, 6) is 0. The quantitative estimate of drug-likeness (QED) is 0.872. The molecule has 0 spiro atoms. The molecule has 0 fully saturated rings. The van der Waals surface area contributed by atoms with Crippen molar-refractivity contribution in [1.29, 1.82) is 0 Å². The first-order chi connectivity index (χ1) is 9.97. The first-order valence-electron chi connectivity index (χ1n) is 7.76. The lowest BCUT2D eigenvalue weighted by Gasteiger charge is -2.29. The molecule has 1 rings (SSSR count). The van der Waals surface area contributed by atoms with Crippen molar-refractivity contribution < 1.29 is 9.53 Å². The summed E-state index contributed by atoms with van der Waals surface area (Å²) >= 11 is 0. The standard InChI is InChI=1S/C18H30N2O2/c1-13-8-14(2)10-15(9-13)11-19-12-18(6,7)20-16(21)22-17(3,4)5/h8-10,19H,11-12H2,1-7H3,(H,20,21). The molecule has 0 bridgehead atoms. The van der Waals surface area contributed by atoms with Crippen LogP contribution in [-0.2, 0) is 11.3 Å². The second-order valence-corrected chi connectivity index (χ2v) is 7.61. The van der Waals surface area contributed by atoms with Gasteiger partial charge in [-0.15, -0.1) is 0 Å². The van der Waals surface area contributed by atoms with E-state index in [1.54, 1.807) is 0 Å². The zero-order chi connectivity index (χ0) is 17.0. The minimum absolute atomic E-state index is 0.374. The van der Waals surface area contributed by atoms with Gasteiger partial charge in [-0.3, -0.25) is 0 Å². The van der Waals surface area contributed by atoms with E-state index in [0.717, 1.165) is 6.54 Å². The Morgan fingerprint density at radius 1 is 1.05 bits per heavy atom. The fraction of sp³-hybridized carbons (Fsp3) is 0.611. The number of rotatable bonds is 5. The topological polar surface area (TPSA) is 50.4 Å². The van der Waals surface area contributed by atoms with E-state index in [4.69, 9.17) is 4.74 Å². The Kier molecular flexibility index (Phi) is 6.00. The van der Waals surface area contributed by atoms with Crippen molar-refractivity contribution in [2.45, 2.75) is 66.2 Å². The number of hydrogen-bond donors (Lipinski definition) is 2. The Hall–Kier alpha value is -1.55. The van der Waals surface area contributed by atoms with Gasteiger partial charge in [-0.1, -0.05) is 29.3 Å². The van der Waals surface area contributed by atoms with Gasteiger partial charge in [0.1, 0.15) is 5.60 Å². The van der Waals surface area contributed by atoms with Crippen molar-refractivity contribution in [2.24, 2.45) is 0 Å². The average Bonchev–Trinajstić information content (AvgIpc) is 2.22. The van der Waals surface area contributed by atoms with Crippen LogP contribution in [0, 0.1) is 13.8 Å². The summed E-state index contributed by atoms with van der Waals surface area (Å²) in [6, 6.07) is 6.51. The molecule has 1 amide bonds. The summed E-state index contributed by atoms with van der Waals surface area (Å²) in [7, 11) is 0. The molecular formula is C18H30N2O2. The highest BCUT2D eigenvalue weighted by Crippen LogP contribution is 2.11. The Morgan fingerprint density at radius 3 is 2.09 bits per heavy atom. The van der Waals surface area contributed by atoms with Crippen LogP contribution in [0.5, 0.6) is 0 Å². The highest BCUT2D eigenvalue weighted by Gasteiger charge is 2.24.